The fourth-order valence-corrected chi connectivity index (χ4v) is 6.78. The number of pyridine rings is 1. The van der Waals surface area contributed by atoms with E-state index in [2.05, 4.69) is 100 Å². The van der Waals surface area contributed by atoms with Gasteiger partial charge < -0.3 is 4.42 Å². The highest BCUT2D eigenvalue weighted by molar-refractivity contribution is 6.17. The van der Waals surface area contributed by atoms with Crippen molar-refractivity contribution in [1.29, 1.82) is 0 Å². The monoisotopic (exact) mass is 458 g/mol. The molecule has 0 radical (unpaired) electrons. The molecule has 2 heterocycles. The van der Waals surface area contributed by atoms with Gasteiger partial charge in [0.15, 0.2) is 6.20 Å². The van der Waals surface area contributed by atoms with Crippen molar-refractivity contribution in [2.75, 3.05) is 0 Å². The van der Waals surface area contributed by atoms with E-state index in [4.69, 9.17) is 4.42 Å². The van der Waals surface area contributed by atoms with Crippen molar-refractivity contribution in [3.63, 3.8) is 0 Å². The van der Waals surface area contributed by atoms with Crippen LogP contribution in [0.3, 0.4) is 0 Å². The Balaban J connectivity index is 1.50. The van der Waals surface area contributed by atoms with Crippen LogP contribution in [0.5, 0.6) is 0 Å². The van der Waals surface area contributed by atoms with Crippen LogP contribution < -0.4 is 4.57 Å². The highest BCUT2D eigenvalue weighted by atomic mass is 16.3. The van der Waals surface area contributed by atoms with E-state index in [1.807, 2.05) is 0 Å². The summed E-state index contributed by atoms with van der Waals surface area (Å²) in [5, 5.41) is 5.12. The van der Waals surface area contributed by atoms with Gasteiger partial charge in [-0.1, -0.05) is 44.2 Å². The van der Waals surface area contributed by atoms with Crippen LogP contribution in [-0.4, -0.2) is 0 Å². The predicted octanol–water partition coefficient (Wildman–Crippen LogP) is 8.38. The van der Waals surface area contributed by atoms with Crippen LogP contribution in [0.1, 0.15) is 72.5 Å². The Bertz CT molecular complexity index is 1730. The molecule has 35 heavy (non-hydrogen) atoms. The van der Waals surface area contributed by atoms with E-state index in [0.717, 1.165) is 11.2 Å². The third-order valence-corrected chi connectivity index (χ3v) is 8.74. The highest BCUT2D eigenvalue weighted by Crippen LogP contribution is 2.49. The summed E-state index contributed by atoms with van der Waals surface area (Å²) in [6.07, 6.45) is 8.53. The molecule has 5 aromatic rings. The predicted molar refractivity (Wildman–Crippen MR) is 146 cm³/mol. The van der Waals surface area contributed by atoms with Crippen LogP contribution in [-0.2, 0) is 7.05 Å². The number of hydrogen-bond donors (Lipinski definition) is 0. The maximum absolute atomic E-state index is 6.54. The Morgan fingerprint density at radius 3 is 2.63 bits per heavy atom. The van der Waals surface area contributed by atoms with Gasteiger partial charge in [0.1, 0.15) is 18.2 Å². The molecule has 1 fully saturated rings. The van der Waals surface area contributed by atoms with Crippen LogP contribution in [0.25, 0.3) is 44.4 Å². The molecule has 0 aliphatic heterocycles. The van der Waals surface area contributed by atoms with Gasteiger partial charge in [-0.3, -0.25) is 0 Å². The van der Waals surface area contributed by atoms with E-state index < -0.39 is 0 Å². The average molecular weight is 459 g/mol. The Morgan fingerprint density at radius 1 is 1.00 bits per heavy atom. The molecular formula is C33H32NO+. The minimum absolute atomic E-state index is 0.445. The van der Waals surface area contributed by atoms with Crippen LogP contribution in [0, 0.1) is 19.3 Å². The zero-order chi connectivity index (χ0) is 24.1. The van der Waals surface area contributed by atoms with Crippen LogP contribution >= 0.6 is 0 Å². The molecule has 1 unspecified atom stereocenters. The van der Waals surface area contributed by atoms with Crippen molar-refractivity contribution in [3.05, 3.63) is 88.2 Å². The van der Waals surface area contributed by atoms with Gasteiger partial charge in [0.25, 0.3) is 0 Å². The fourth-order valence-electron chi connectivity index (χ4n) is 6.78. The topological polar surface area (TPSA) is 17.0 Å². The Hall–Kier alpha value is -3.39. The van der Waals surface area contributed by atoms with Crippen molar-refractivity contribution in [1.82, 2.24) is 0 Å². The summed E-state index contributed by atoms with van der Waals surface area (Å²) in [6, 6.07) is 17.9. The van der Waals surface area contributed by atoms with Crippen molar-refractivity contribution in [2.24, 2.45) is 12.5 Å². The number of aromatic nitrogens is 1. The number of aryl methyl sites for hydroxylation is 2. The van der Waals surface area contributed by atoms with Gasteiger partial charge in [0.2, 0.25) is 5.69 Å². The van der Waals surface area contributed by atoms with Gasteiger partial charge in [-0.05, 0) is 90.3 Å². The molecule has 2 aliphatic rings. The quantitative estimate of drug-likeness (QED) is 0.238. The lowest BCUT2D eigenvalue weighted by Crippen LogP contribution is -2.32. The number of hydrogen-bond acceptors (Lipinski definition) is 1. The third-order valence-electron chi connectivity index (χ3n) is 8.74. The van der Waals surface area contributed by atoms with E-state index in [1.54, 1.807) is 0 Å². The molecule has 0 N–H and O–H groups in total. The van der Waals surface area contributed by atoms with Crippen LogP contribution in [0.4, 0.5) is 0 Å². The maximum atomic E-state index is 6.54. The molecule has 2 heteroatoms. The smallest absolute Gasteiger partial charge is 0.221 e. The molecule has 2 nitrogen and oxygen atoms in total. The lowest BCUT2D eigenvalue weighted by Gasteiger charge is -2.18. The summed E-state index contributed by atoms with van der Waals surface area (Å²) in [4.78, 5) is 0. The second-order valence-corrected chi connectivity index (χ2v) is 11.7. The maximum Gasteiger partial charge on any atom is 0.221 e. The first-order chi connectivity index (χ1) is 16.8. The lowest BCUT2D eigenvalue weighted by molar-refractivity contribution is -0.672. The molecule has 2 aliphatic carbocycles. The van der Waals surface area contributed by atoms with Crippen molar-refractivity contribution < 1.29 is 8.98 Å². The van der Waals surface area contributed by atoms with E-state index >= 15 is 0 Å². The average Bonchev–Trinajstić information content (AvgIpc) is 3.50. The zero-order valence-electron chi connectivity index (χ0n) is 21.3. The molecule has 3 aromatic carbocycles. The first-order valence-corrected chi connectivity index (χ1v) is 12.9. The zero-order valence-corrected chi connectivity index (χ0v) is 21.3. The first kappa shape index (κ1) is 20.9. The summed E-state index contributed by atoms with van der Waals surface area (Å²) in [5.41, 5.74) is 11.7. The number of rotatable bonds is 2. The lowest BCUT2D eigenvalue weighted by atomic mass is 9.87. The molecular weight excluding hydrogens is 426 g/mol. The molecule has 0 amide bonds. The summed E-state index contributed by atoms with van der Waals surface area (Å²) < 4.78 is 8.84. The second-order valence-electron chi connectivity index (χ2n) is 11.7. The van der Waals surface area contributed by atoms with Crippen LogP contribution in [0.2, 0.25) is 0 Å². The van der Waals surface area contributed by atoms with E-state index in [9.17, 15) is 0 Å². The molecule has 174 valence electrons. The van der Waals surface area contributed by atoms with Crippen molar-refractivity contribution >= 4 is 44.4 Å². The highest BCUT2D eigenvalue weighted by Gasteiger charge is 2.34. The normalized spacial score (nSPS) is 18.8. The summed E-state index contributed by atoms with van der Waals surface area (Å²) >= 11 is 0. The molecule has 7 rings (SSSR count). The number of para-hydroxylation sites is 1. The van der Waals surface area contributed by atoms with Gasteiger partial charge in [0, 0.05) is 22.4 Å². The molecule has 0 spiro atoms. The van der Waals surface area contributed by atoms with Gasteiger partial charge in [-0.15, -0.1) is 0 Å². The number of fused-ring (bicyclic) bond motifs is 3. The molecule has 1 atom stereocenters. The number of benzene rings is 3. The summed E-state index contributed by atoms with van der Waals surface area (Å²) in [5.74, 6) is 0.656. The van der Waals surface area contributed by atoms with Gasteiger partial charge in [-0.25, -0.2) is 4.57 Å². The molecule has 2 aromatic heterocycles. The summed E-state index contributed by atoms with van der Waals surface area (Å²) in [7, 11) is 2.17. The number of furan rings is 1. The molecule has 0 saturated heterocycles. The second kappa shape index (κ2) is 7.07. The van der Waals surface area contributed by atoms with Gasteiger partial charge in [0.05, 0.1) is 11.0 Å². The molecule has 1 saturated carbocycles. The first-order valence-electron chi connectivity index (χ1n) is 12.9. The Morgan fingerprint density at radius 2 is 1.83 bits per heavy atom. The fraction of sp³-hybridized carbons (Fsp3) is 0.303. The van der Waals surface area contributed by atoms with E-state index in [0.29, 0.717) is 11.3 Å². The van der Waals surface area contributed by atoms with Crippen LogP contribution in [0.15, 0.2) is 59.1 Å². The SMILES string of the molecule is Cc1cc2c(oc3ccccc32)c(C2=Cc3cc(C4CCC(C)(C)C4)cc4cc[n+](C)c2c34)c1C. The van der Waals surface area contributed by atoms with Gasteiger partial charge in [-0.2, -0.15) is 0 Å². The summed E-state index contributed by atoms with van der Waals surface area (Å²) in [6.45, 7) is 9.31. The van der Waals surface area contributed by atoms with E-state index in [-0.39, 0.29) is 0 Å². The van der Waals surface area contributed by atoms with E-state index in [1.165, 1.54) is 79.9 Å². The van der Waals surface area contributed by atoms with Crippen molar-refractivity contribution in [3.8, 4) is 0 Å². The Labute approximate surface area is 206 Å². The van der Waals surface area contributed by atoms with Crippen molar-refractivity contribution in [2.45, 2.75) is 52.9 Å². The number of nitrogens with zero attached hydrogens (tertiary/aromatic N) is 1. The standard InChI is InChI=1S/C33H32NO/c1-19-14-26-25-8-6-7-9-28(25)35-32(26)29(20(19)2)27-17-24-16-23(22-10-12-33(3,4)18-22)15-21-11-13-34(5)31(27)30(21)24/h6-9,11,13-17,22H,10,12,18H2,1-5H3/q+1. The minimum Gasteiger partial charge on any atom is -0.455 e. The van der Waals surface area contributed by atoms with Gasteiger partial charge >= 0.3 is 0 Å². The molecule has 0 bridgehead atoms. The Kier molecular flexibility index (Phi) is 4.23. The third kappa shape index (κ3) is 2.99. The minimum atomic E-state index is 0.445. The largest absolute Gasteiger partial charge is 0.455 e.